The Labute approximate surface area is 103 Å². The van der Waals surface area contributed by atoms with Gasteiger partial charge in [-0.15, -0.1) is 0 Å². The lowest BCUT2D eigenvalue weighted by Crippen LogP contribution is -2.03. The van der Waals surface area contributed by atoms with Gasteiger partial charge in [-0.3, -0.25) is 0 Å². The summed E-state index contributed by atoms with van der Waals surface area (Å²) in [6.07, 6.45) is 0.917. The van der Waals surface area contributed by atoms with E-state index >= 15 is 0 Å². The third-order valence-corrected chi connectivity index (χ3v) is 3.45. The molecule has 0 aliphatic heterocycles. The first-order chi connectivity index (χ1) is 8.08. The van der Waals surface area contributed by atoms with Gasteiger partial charge in [0.25, 0.3) is 0 Å². The molecule has 0 saturated carbocycles. The summed E-state index contributed by atoms with van der Waals surface area (Å²) in [6, 6.07) is 1.75. The zero-order chi connectivity index (χ0) is 12.2. The van der Waals surface area contributed by atoms with Gasteiger partial charge in [0, 0.05) is 5.56 Å². The SMILES string of the molecule is Cc1cc(Cl)nc2c(N)c3c(nc12)C(O)CC3. The van der Waals surface area contributed by atoms with Crippen LogP contribution in [0.25, 0.3) is 11.0 Å². The number of pyridine rings is 2. The molecule has 4 nitrogen and oxygen atoms in total. The predicted octanol–water partition coefficient (Wildman–Crippen LogP) is 2.15. The van der Waals surface area contributed by atoms with Gasteiger partial charge in [-0.2, -0.15) is 0 Å². The van der Waals surface area contributed by atoms with E-state index in [1.807, 2.05) is 6.92 Å². The molecule has 2 heterocycles. The molecule has 88 valence electrons. The van der Waals surface area contributed by atoms with E-state index in [2.05, 4.69) is 9.97 Å². The van der Waals surface area contributed by atoms with Crippen molar-refractivity contribution in [3.8, 4) is 0 Å². The molecule has 17 heavy (non-hydrogen) atoms. The van der Waals surface area contributed by atoms with Gasteiger partial charge in [0.1, 0.15) is 10.7 Å². The first-order valence-electron chi connectivity index (χ1n) is 5.51. The number of nitrogens with two attached hydrogens (primary N) is 1. The topological polar surface area (TPSA) is 72.0 Å². The van der Waals surface area contributed by atoms with Crippen LogP contribution in [0.5, 0.6) is 0 Å². The molecule has 0 bridgehead atoms. The molecule has 0 fully saturated rings. The number of hydrogen-bond donors (Lipinski definition) is 2. The average molecular weight is 250 g/mol. The first kappa shape index (κ1) is 10.7. The van der Waals surface area contributed by atoms with Crippen molar-refractivity contribution in [3.63, 3.8) is 0 Å². The van der Waals surface area contributed by atoms with Crippen LogP contribution in [0.15, 0.2) is 6.07 Å². The van der Waals surface area contributed by atoms with Crippen molar-refractivity contribution in [1.29, 1.82) is 0 Å². The monoisotopic (exact) mass is 249 g/mol. The molecule has 0 spiro atoms. The van der Waals surface area contributed by atoms with Crippen LogP contribution in [0.1, 0.15) is 29.3 Å². The van der Waals surface area contributed by atoms with Gasteiger partial charge in [-0.1, -0.05) is 11.6 Å². The maximum absolute atomic E-state index is 9.85. The molecule has 0 saturated heterocycles. The number of halogens is 1. The number of hydrogen-bond acceptors (Lipinski definition) is 4. The minimum atomic E-state index is -0.508. The maximum Gasteiger partial charge on any atom is 0.130 e. The highest BCUT2D eigenvalue weighted by atomic mass is 35.5. The van der Waals surface area contributed by atoms with E-state index < -0.39 is 6.10 Å². The van der Waals surface area contributed by atoms with Gasteiger partial charge >= 0.3 is 0 Å². The molecule has 3 N–H and O–H groups in total. The third kappa shape index (κ3) is 1.48. The number of aryl methyl sites for hydroxylation is 1. The van der Waals surface area contributed by atoms with Gasteiger partial charge in [0.15, 0.2) is 0 Å². The molecule has 1 unspecified atom stereocenters. The van der Waals surface area contributed by atoms with Gasteiger partial charge < -0.3 is 10.8 Å². The summed E-state index contributed by atoms with van der Waals surface area (Å²) in [7, 11) is 0. The van der Waals surface area contributed by atoms with Gasteiger partial charge in [0.05, 0.1) is 23.0 Å². The highest BCUT2D eigenvalue weighted by Crippen LogP contribution is 2.37. The second-order valence-electron chi connectivity index (χ2n) is 4.40. The molecule has 5 heteroatoms. The summed E-state index contributed by atoms with van der Waals surface area (Å²) in [5.41, 5.74) is 10.6. The summed E-state index contributed by atoms with van der Waals surface area (Å²) in [6.45, 7) is 1.91. The normalized spacial score (nSPS) is 18.6. The molecule has 1 aliphatic carbocycles. The Hall–Kier alpha value is -1.39. The second-order valence-corrected chi connectivity index (χ2v) is 4.79. The highest BCUT2D eigenvalue weighted by Gasteiger charge is 2.26. The molecule has 0 amide bonds. The molecule has 2 aromatic heterocycles. The van der Waals surface area contributed by atoms with Crippen molar-refractivity contribution in [2.45, 2.75) is 25.9 Å². The fraction of sp³-hybridized carbons (Fsp3) is 0.333. The Balaban J connectivity index is 2.44. The van der Waals surface area contributed by atoms with Crippen LogP contribution in [-0.2, 0) is 6.42 Å². The zero-order valence-corrected chi connectivity index (χ0v) is 10.1. The van der Waals surface area contributed by atoms with E-state index in [1.54, 1.807) is 6.07 Å². The number of aliphatic hydroxyl groups is 1. The van der Waals surface area contributed by atoms with E-state index in [0.717, 1.165) is 23.1 Å². The standard InChI is InChI=1S/C12H12ClN3O/c1-5-4-8(13)15-12-9(14)6-2-3-7(17)11(6)16-10(5)12/h4,7,17H,2-3H2,1H3,(H2,14,16). The van der Waals surface area contributed by atoms with Crippen LogP contribution in [0.3, 0.4) is 0 Å². The average Bonchev–Trinajstić information content (AvgIpc) is 2.63. The Bertz CT molecular complexity index is 627. The number of fused-ring (bicyclic) bond motifs is 2. The fourth-order valence-corrected chi connectivity index (χ4v) is 2.63. The minimum Gasteiger partial charge on any atom is -0.397 e. The number of aromatic nitrogens is 2. The van der Waals surface area contributed by atoms with Gasteiger partial charge in [-0.05, 0) is 31.4 Å². The molecule has 2 aromatic rings. The first-order valence-corrected chi connectivity index (χ1v) is 5.89. The summed E-state index contributed by atoms with van der Waals surface area (Å²) >= 11 is 5.93. The largest absolute Gasteiger partial charge is 0.397 e. The lowest BCUT2D eigenvalue weighted by molar-refractivity contribution is 0.176. The van der Waals surface area contributed by atoms with Gasteiger partial charge in [-0.25, -0.2) is 9.97 Å². The molecule has 1 aliphatic rings. The van der Waals surface area contributed by atoms with Crippen LogP contribution < -0.4 is 5.73 Å². The van der Waals surface area contributed by atoms with Crippen LogP contribution in [-0.4, -0.2) is 15.1 Å². The Morgan fingerprint density at radius 2 is 2.18 bits per heavy atom. The van der Waals surface area contributed by atoms with Crippen LogP contribution in [0.4, 0.5) is 5.69 Å². The van der Waals surface area contributed by atoms with Crippen molar-refractivity contribution in [1.82, 2.24) is 9.97 Å². The molecule has 0 aromatic carbocycles. The number of aliphatic hydroxyl groups excluding tert-OH is 1. The number of rotatable bonds is 0. The van der Waals surface area contributed by atoms with Crippen LogP contribution in [0.2, 0.25) is 5.15 Å². The highest BCUT2D eigenvalue weighted by molar-refractivity contribution is 6.30. The maximum atomic E-state index is 9.85. The summed E-state index contributed by atoms with van der Waals surface area (Å²) < 4.78 is 0. The molecular formula is C12H12ClN3O. The van der Waals surface area contributed by atoms with E-state index in [0.29, 0.717) is 28.5 Å². The minimum absolute atomic E-state index is 0.419. The smallest absolute Gasteiger partial charge is 0.130 e. The van der Waals surface area contributed by atoms with Crippen molar-refractivity contribution in [2.75, 3.05) is 5.73 Å². The van der Waals surface area contributed by atoms with Crippen molar-refractivity contribution >= 4 is 28.3 Å². The van der Waals surface area contributed by atoms with E-state index in [1.165, 1.54) is 0 Å². The van der Waals surface area contributed by atoms with E-state index in [9.17, 15) is 5.11 Å². The van der Waals surface area contributed by atoms with Crippen LogP contribution in [0, 0.1) is 6.92 Å². The van der Waals surface area contributed by atoms with E-state index in [-0.39, 0.29) is 0 Å². The number of nitrogens with zero attached hydrogens (tertiary/aromatic N) is 2. The van der Waals surface area contributed by atoms with E-state index in [4.69, 9.17) is 17.3 Å². The molecule has 1 atom stereocenters. The quantitative estimate of drug-likeness (QED) is 0.702. The Morgan fingerprint density at radius 1 is 1.41 bits per heavy atom. The molecular weight excluding hydrogens is 238 g/mol. The lowest BCUT2D eigenvalue weighted by atomic mass is 10.1. The summed E-state index contributed by atoms with van der Waals surface area (Å²) in [5.74, 6) is 0. The van der Waals surface area contributed by atoms with Crippen molar-refractivity contribution in [3.05, 3.63) is 28.0 Å². The Morgan fingerprint density at radius 3 is 2.94 bits per heavy atom. The molecule has 3 rings (SSSR count). The second kappa shape index (κ2) is 3.55. The fourth-order valence-electron chi connectivity index (χ4n) is 2.38. The van der Waals surface area contributed by atoms with Gasteiger partial charge in [0.2, 0.25) is 0 Å². The molecule has 0 radical (unpaired) electrons. The third-order valence-electron chi connectivity index (χ3n) is 3.26. The number of anilines is 1. The predicted molar refractivity (Wildman–Crippen MR) is 67.0 cm³/mol. The number of nitrogen functional groups attached to an aromatic ring is 1. The lowest BCUT2D eigenvalue weighted by Gasteiger charge is -2.10. The van der Waals surface area contributed by atoms with Crippen molar-refractivity contribution < 1.29 is 5.11 Å². The summed E-state index contributed by atoms with van der Waals surface area (Å²) in [5, 5.41) is 10.3. The van der Waals surface area contributed by atoms with Crippen LogP contribution >= 0.6 is 11.6 Å². The Kier molecular flexibility index (Phi) is 2.24. The summed E-state index contributed by atoms with van der Waals surface area (Å²) in [4.78, 5) is 8.72. The zero-order valence-electron chi connectivity index (χ0n) is 9.37. The van der Waals surface area contributed by atoms with Crippen molar-refractivity contribution in [2.24, 2.45) is 0 Å².